The second kappa shape index (κ2) is 14.2. The number of amides is 4. The molecule has 1 fully saturated rings. The van der Waals surface area contributed by atoms with Crippen molar-refractivity contribution in [2.75, 3.05) is 6.54 Å². The fourth-order valence-electron chi connectivity index (χ4n) is 5.93. The Morgan fingerprint density at radius 1 is 0.837 bits per heavy atom. The predicted octanol–water partition coefficient (Wildman–Crippen LogP) is 6.46. The van der Waals surface area contributed by atoms with E-state index in [9.17, 15) is 19.2 Å². The van der Waals surface area contributed by atoms with Gasteiger partial charge in [0.05, 0.1) is 11.1 Å². The van der Waals surface area contributed by atoms with Crippen molar-refractivity contribution in [2.45, 2.75) is 70.0 Å². The van der Waals surface area contributed by atoms with Crippen molar-refractivity contribution in [1.29, 1.82) is 0 Å². The molecule has 7 nitrogen and oxygen atoms in total. The number of rotatable bonds is 11. The summed E-state index contributed by atoms with van der Waals surface area (Å²) in [6, 6.07) is 20.7. The van der Waals surface area contributed by atoms with Gasteiger partial charge in [-0.05, 0) is 49.1 Å². The molecule has 0 unspecified atom stereocenters. The smallest absolute Gasteiger partial charge is 0.261 e. The van der Waals surface area contributed by atoms with Gasteiger partial charge in [-0.25, -0.2) is 0 Å². The minimum Gasteiger partial charge on any atom is -0.352 e. The van der Waals surface area contributed by atoms with Gasteiger partial charge in [-0.1, -0.05) is 91.0 Å². The van der Waals surface area contributed by atoms with Gasteiger partial charge in [-0.2, -0.15) is 0 Å². The van der Waals surface area contributed by atoms with Crippen molar-refractivity contribution < 1.29 is 19.2 Å². The topological polar surface area (TPSA) is 86.8 Å². The average molecular weight is 621 g/mol. The number of halogens is 2. The van der Waals surface area contributed by atoms with E-state index < -0.39 is 6.04 Å². The summed E-state index contributed by atoms with van der Waals surface area (Å²) in [7, 11) is 0. The molecule has 2 aliphatic rings. The second-order valence-corrected chi connectivity index (χ2v) is 12.0. The van der Waals surface area contributed by atoms with E-state index in [0.29, 0.717) is 33.2 Å². The van der Waals surface area contributed by atoms with Crippen molar-refractivity contribution in [3.05, 3.63) is 105 Å². The van der Waals surface area contributed by atoms with Gasteiger partial charge in [0.25, 0.3) is 11.8 Å². The summed E-state index contributed by atoms with van der Waals surface area (Å²) in [5.41, 5.74) is 2.22. The maximum Gasteiger partial charge on any atom is 0.261 e. The van der Waals surface area contributed by atoms with Gasteiger partial charge < -0.3 is 10.2 Å². The molecule has 1 atom stereocenters. The molecular formula is C34H35Cl2N3O4. The number of imide groups is 1. The van der Waals surface area contributed by atoms with Crippen molar-refractivity contribution in [3.63, 3.8) is 0 Å². The maximum atomic E-state index is 14.0. The normalized spacial score (nSPS) is 15.7. The van der Waals surface area contributed by atoms with Gasteiger partial charge in [-0.3, -0.25) is 24.1 Å². The van der Waals surface area contributed by atoms with Crippen LogP contribution in [0.2, 0.25) is 10.0 Å². The van der Waals surface area contributed by atoms with Crippen LogP contribution in [-0.4, -0.2) is 52.1 Å². The van der Waals surface area contributed by atoms with E-state index in [4.69, 9.17) is 23.2 Å². The van der Waals surface area contributed by atoms with Crippen LogP contribution >= 0.6 is 23.2 Å². The lowest BCUT2D eigenvalue weighted by molar-refractivity contribution is -0.141. The van der Waals surface area contributed by atoms with Crippen molar-refractivity contribution in [1.82, 2.24) is 15.1 Å². The number of fused-ring (bicyclic) bond motifs is 1. The van der Waals surface area contributed by atoms with Crippen LogP contribution in [0.15, 0.2) is 72.8 Å². The highest BCUT2D eigenvalue weighted by Crippen LogP contribution is 2.28. The van der Waals surface area contributed by atoms with Crippen LogP contribution in [0.1, 0.15) is 76.8 Å². The number of carbonyl (C=O) groups excluding carboxylic acids is 4. The predicted molar refractivity (Wildman–Crippen MR) is 167 cm³/mol. The lowest BCUT2D eigenvalue weighted by Crippen LogP contribution is -2.53. The van der Waals surface area contributed by atoms with E-state index in [0.717, 1.165) is 37.7 Å². The lowest BCUT2D eigenvalue weighted by atomic mass is 9.94. The lowest BCUT2D eigenvalue weighted by Gasteiger charge is -2.34. The molecule has 1 aliphatic heterocycles. The minimum absolute atomic E-state index is 0.0253. The molecule has 5 rings (SSSR count). The molecule has 0 radical (unpaired) electrons. The van der Waals surface area contributed by atoms with Crippen molar-refractivity contribution in [3.8, 4) is 0 Å². The molecule has 1 aliphatic carbocycles. The van der Waals surface area contributed by atoms with Gasteiger partial charge in [0.2, 0.25) is 11.8 Å². The molecule has 224 valence electrons. The summed E-state index contributed by atoms with van der Waals surface area (Å²) in [4.78, 5) is 56.4. The standard InChI is InChI=1S/C34H35Cl2N3O4/c35-28-17-9-18-29(36)27(28)22-39(31(40)19-10-20-38-33(42)25-15-7-8-16-26(25)34(38)43)30(21-23-11-3-1-4-12-23)32(41)37-24-13-5-2-6-14-24/h1,3-4,7-9,11-12,15-18,24,30H,2,5-6,10,13-14,19-22H2,(H,37,41)/t30-/m1/s1. The van der Waals surface area contributed by atoms with Gasteiger partial charge >= 0.3 is 0 Å². The number of hydrogen-bond donors (Lipinski definition) is 1. The zero-order chi connectivity index (χ0) is 30.3. The van der Waals surface area contributed by atoms with Crippen LogP contribution in [0.5, 0.6) is 0 Å². The fraction of sp³-hybridized carbons (Fsp3) is 0.353. The highest BCUT2D eigenvalue weighted by Gasteiger charge is 2.36. The first-order valence-electron chi connectivity index (χ1n) is 14.9. The number of hydrogen-bond acceptors (Lipinski definition) is 4. The number of nitrogens with one attached hydrogen (secondary N) is 1. The molecule has 0 saturated heterocycles. The van der Waals surface area contributed by atoms with Crippen LogP contribution in [0, 0.1) is 0 Å². The van der Waals surface area contributed by atoms with E-state index >= 15 is 0 Å². The minimum atomic E-state index is -0.816. The molecule has 9 heteroatoms. The Balaban J connectivity index is 1.38. The molecule has 0 bridgehead atoms. The van der Waals surface area contributed by atoms with E-state index in [1.165, 1.54) is 4.90 Å². The largest absolute Gasteiger partial charge is 0.352 e. The summed E-state index contributed by atoms with van der Waals surface area (Å²) in [5.74, 6) is -1.22. The summed E-state index contributed by atoms with van der Waals surface area (Å²) >= 11 is 13.1. The first-order valence-corrected chi connectivity index (χ1v) is 15.6. The zero-order valence-corrected chi connectivity index (χ0v) is 25.4. The molecule has 3 aromatic rings. The van der Waals surface area contributed by atoms with E-state index in [2.05, 4.69) is 5.32 Å². The summed E-state index contributed by atoms with van der Waals surface area (Å²) < 4.78 is 0. The molecule has 1 saturated carbocycles. The molecule has 3 aromatic carbocycles. The molecule has 43 heavy (non-hydrogen) atoms. The molecular weight excluding hydrogens is 585 g/mol. The zero-order valence-electron chi connectivity index (χ0n) is 23.9. The van der Waals surface area contributed by atoms with Crippen LogP contribution in [0.4, 0.5) is 0 Å². The number of carbonyl (C=O) groups is 4. The summed E-state index contributed by atoms with van der Waals surface area (Å²) in [6.45, 7) is 0.135. The Bertz CT molecular complexity index is 1430. The third-order valence-electron chi connectivity index (χ3n) is 8.26. The molecule has 0 spiro atoms. The maximum absolute atomic E-state index is 14.0. The van der Waals surface area contributed by atoms with Gasteiger partial charge in [0.1, 0.15) is 6.04 Å². The van der Waals surface area contributed by atoms with Gasteiger partial charge in [0.15, 0.2) is 0 Å². The Hall–Kier alpha value is -3.68. The van der Waals surface area contributed by atoms with Crippen LogP contribution in [0.3, 0.4) is 0 Å². The first-order chi connectivity index (χ1) is 20.8. The monoisotopic (exact) mass is 619 g/mol. The Kier molecular flexibility index (Phi) is 10.2. The third kappa shape index (κ3) is 7.28. The number of nitrogens with zero attached hydrogens (tertiary/aromatic N) is 2. The SMILES string of the molecule is O=C(NC1CCCCC1)[C@@H](Cc1ccccc1)N(Cc1c(Cl)cccc1Cl)C(=O)CCCN1C(=O)c2ccccc2C1=O. The molecule has 1 heterocycles. The Morgan fingerprint density at radius 3 is 2.07 bits per heavy atom. The summed E-state index contributed by atoms with van der Waals surface area (Å²) in [6.07, 6.45) is 5.68. The van der Waals surface area contributed by atoms with Crippen LogP contribution in [0.25, 0.3) is 0 Å². The van der Waals surface area contributed by atoms with Gasteiger partial charge in [0, 0.05) is 47.6 Å². The van der Waals surface area contributed by atoms with Crippen LogP contribution in [-0.2, 0) is 22.6 Å². The molecule has 0 aromatic heterocycles. The van der Waals surface area contributed by atoms with Gasteiger partial charge in [-0.15, -0.1) is 0 Å². The second-order valence-electron chi connectivity index (χ2n) is 11.2. The summed E-state index contributed by atoms with van der Waals surface area (Å²) in [5, 5.41) is 4.03. The van der Waals surface area contributed by atoms with E-state index in [1.807, 2.05) is 30.3 Å². The van der Waals surface area contributed by atoms with E-state index in [1.54, 1.807) is 47.4 Å². The number of benzene rings is 3. The highest BCUT2D eigenvalue weighted by molar-refractivity contribution is 6.36. The van der Waals surface area contributed by atoms with Crippen molar-refractivity contribution in [2.24, 2.45) is 0 Å². The highest BCUT2D eigenvalue weighted by atomic mass is 35.5. The Morgan fingerprint density at radius 2 is 1.44 bits per heavy atom. The van der Waals surface area contributed by atoms with E-state index in [-0.39, 0.29) is 55.6 Å². The van der Waals surface area contributed by atoms with Crippen LogP contribution < -0.4 is 5.32 Å². The average Bonchev–Trinajstić information content (AvgIpc) is 3.26. The fourth-order valence-corrected chi connectivity index (χ4v) is 6.44. The Labute approximate surface area is 262 Å². The molecule has 1 N–H and O–H groups in total. The molecule has 4 amide bonds. The third-order valence-corrected chi connectivity index (χ3v) is 8.97. The van der Waals surface area contributed by atoms with Crippen molar-refractivity contribution >= 4 is 46.8 Å². The quantitative estimate of drug-likeness (QED) is 0.250. The first kappa shape index (κ1) is 30.8.